The van der Waals surface area contributed by atoms with Crippen molar-refractivity contribution in [3.05, 3.63) is 29.8 Å². The zero-order valence-electron chi connectivity index (χ0n) is 18.0. The Hall–Kier alpha value is -2.26. The Morgan fingerprint density at radius 3 is 2.13 bits per heavy atom. The van der Waals surface area contributed by atoms with E-state index in [1.165, 1.54) is 38.2 Å². The molecule has 2 rings (SSSR count). The Kier molecular flexibility index (Phi) is 8.14. The Balaban J connectivity index is 1.87. The molecule has 30 heavy (non-hydrogen) atoms. The van der Waals surface area contributed by atoms with Crippen LogP contribution in [0.3, 0.4) is 0 Å². The molecule has 1 aromatic rings. The molecule has 0 heterocycles. The molecule has 0 unspecified atom stereocenters. The molecule has 0 bridgehead atoms. The van der Waals surface area contributed by atoms with E-state index in [-0.39, 0.29) is 22.6 Å². The minimum atomic E-state index is -3.93. The summed E-state index contributed by atoms with van der Waals surface area (Å²) in [7, 11) is -0.965. The predicted octanol–water partition coefficient (Wildman–Crippen LogP) is 2.09. The highest BCUT2D eigenvalue weighted by Gasteiger charge is 2.27. The monoisotopic (exact) mass is 438 g/mol. The van der Waals surface area contributed by atoms with Crippen molar-refractivity contribution in [3.63, 3.8) is 0 Å². The predicted molar refractivity (Wildman–Crippen MR) is 111 cm³/mol. The van der Waals surface area contributed by atoms with E-state index in [2.05, 4.69) is 6.92 Å². The smallest absolute Gasteiger partial charge is 0.321 e. The topological polar surface area (TPSA) is 101 Å². The molecule has 0 aliphatic heterocycles. The van der Waals surface area contributed by atoms with Gasteiger partial charge in [-0.1, -0.05) is 19.1 Å². The number of Topliss-reactive ketones (excluding diaryl/α,β-unsaturated/α-hetero) is 1. The van der Waals surface area contributed by atoms with Gasteiger partial charge in [0, 0.05) is 25.7 Å². The SMILES string of the molecule is CC(=O)c1ccc(S(=O)(=O)N(C)CC(=O)OCC(=O)N(C)C2CCC(C)CC2)cc1. The summed E-state index contributed by atoms with van der Waals surface area (Å²) in [5, 5.41) is 0. The van der Waals surface area contributed by atoms with E-state index in [1.54, 1.807) is 11.9 Å². The van der Waals surface area contributed by atoms with Crippen LogP contribution in [0, 0.1) is 5.92 Å². The van der Waals surface area contributed by atoms with Crippen molar-refractivity contribution >= 4 is 27.7 Å². The molecule has 0 atom stereocenters. The minimum absolute atomic E-state index is 0.0369. The van der Waals surface area contributed by atoms with E-state index in [1.807, 2.05) is 0 Å². The fraction of sp³-hybridized carbons (Fsp3) is 0.571. The summed E-state index contributed by atoms with van der Waals surface area (Å²) in [6.45, 7) is 2.65. The van der Waals surface area contributed by atoms with E-state index >= 15 is 0 Å². The van der Waals surface area contributed by atoms with Crippen LogP contribution >= 0.6 is 0 Å². The second-order valence-corrected chi connectivity index (χ2v) is 9.97. The van der Waals surface area contributed by atoms with Crippen molar-refractivity contribution < 1.29 is 27.5 Å². The molecule has 0 spiro atoms. The summed E-state index contributed by atoms with van der Waals surface area (Å²) in [6, 6.07) is 5.62. The molecule has 9 heteroatoms. The Morgan fingerprint density at radius 2 is 1.60 bits per heavy atom. The molecule has 8 nitrogen and oxygen atoms in total. The maximum Gasteiger partial charge on any atom is 0.321 e. The zero-order valence-corrected chi connectivity index (χ0v) is 18.8. The van der Waals surface area contributed by atoms with Crippen LogP contribution < -0.4 is 0 Å². The van der Waals surface area contributed by atoms with Crippen molar-refractivity contribution in [1.29, 1.82) is 0 Å². The van der Waals surface area contributed by atoms with Gasteiger partial charge in [0.05, 0.1) is 4.90 Å². The summed E-state index contributed by atoms with van der Waals surface area (Å²) in [5.41, 5.74) is 0.395. The van der Waals surface area contributed by atoms with Crippen LogP contribution in [0.4, 0.5) is 0 Å². The summed E-state index contributed by atoms with van der Waals surface area (Å²) in [4.78, 5) is 37.3. The maximum absolute atomic E-state index is 12.6. The normalized spacial score (nSPS) is 19.4. The van der Waals surface area contributed by atoms with Gasteiger partial charge >= 0.3 is 5.97 Å². The molecule has 0 saturated heterocycles. The van der Waals surface area contributed by atoms with E-state index in [0.717, 1.165) is 30.0 Å². The number of carbonyl (C=O) groups is 3. The van der Waals surface area contributed by atoms with Crippen molar-refractivity contribution in [2.75, 3.05) is 27.2 Å². The number of benzene rings is 1. The van der Waals surface area contributed by atoms with Crippen LogP contribution in [0.5, 0.6) is 0 Å². The Labute approximate surface area is 178 Å². The summed E-state index contributed by atoms with van der Waals surface area (Å²) >= 11 is 0. The lowest BCUT2D eigenvalue weighted by Gasteiger charge is -2.33. The molecule has 1 aromatic carbocycles. The lowest BCUT2D eigenvalue weighted by molar-refractivity contribution is -0.152. The third-order valence-corrected chi connectivity index (χ3v) is 7.42. The molecule has 1 amide bonds. The van der Waals surface area contributed by atoms with Gasteiger partial charge in [0.2, 0.25) is 10.0 Å². The number of hydrogen-bond donors (Lipinski definition) is 0. The van der Waals surface area contributed by atoms with Crippen LogP contribution in [-0.2, 0) is 24.3 Å². The number of ketones is 1. The number of sulfonamides is 1. The number of likely N-dealkylation sites (N-methyl/N-ethyl adjacent to an activating group) is 2. The molecule has 0 aromatic heterocycles. The highest BCUT2D eigenvalue weighted by atomic mass is 32.2. The summed E-state index contributed by atoms with van der Waals surface area (Å²) in [5.74, 6) is -0.610. The third kappa shape index (κ3) is 6.12. The lowest BCUT2D eigenvalue weighted by atomic mass is 9.87. The van der Waals surface area contributed by atoms with E-state index in [4.69, 9.17) is 4.74 Å². The molecule has 1 fully saturated rings. The van der Waals surface area contributed by atoms with Crippen molar-refractivity contribution in [3.8, 4) is 0 Å². The van der Waals surface area contributed by atoms with Crippen LogP contribution in [0.1, 0.15) is 49.9 Å². The number of nitrogens with zero attached hydrogens (tertiary/aromatic N) is 2. The number of esters is 1. The van der Waals surface area contributed by atoms with E-state index < -0.39 is 29.1 Å². The molecule has 1 aliphatic carbocycles. The molecule has 1 saturated carbocycles. The largest absolute Gasteiger partial charge is 0.455 e. The first kappa shape index (κ1) is 24.0. The molecule has 0 radical (unpaired) electrons. The number of amides is 1. The molecular formula is C21H30N2O6S. The minimum Gasteiger partial charge on any atom is -0.455 e. The number of carbonyl (C=O) groups excluding carboxylic acids is 3. The first-order valence-corrected chi connectivity index (χ1v) is 11.4. The Morgan fingerprint density at radius 1 is 1.03 bits per heavy atom. The van der Waals surface area contributed by atoms with Gasteiger partial charge in [-0.25, -0.2) is 8.42 Å². The third-order valence-electron chi connectivity index (χ3n) is 5.60. The van der Waals surface area contributed by atoms with Crippen LogP contribution in [0.25, 0.3) is 0 Å². The fourth-order valence-corrected chi connectivity index (χ4v) is 4.55. The van der Waals surface area contributed by atoms with Gasteiger partial charge in [-0.2, -0.15) is 4.31 Å². The van der Waals surface area contributed by atoms with Crippen molar-refractivity contribution in [2.45, 2.75) is 50.5 Å². The second-order valence-electron chi connectivity index (χ2n) is 7.92. The van der Waals surface area contributed by atoms with Crippen LogP contribution in [-0.4, -0.2) is 68.6 Å². The van der Waals surface area contributed by atoms with Gasteiger partial charge in [-0.3, -0.25) is 14.4 Å². The van der Waals surface area contributed by atoms with E-state index in [0.29, 0.717) is 11.5 Å². The summed E-state index contributed by atoms with van der Waals surface area (Å²) < 4.78 is 31.0. The first-order chi connectivity index (χ1) is 14.0. The van der Waals surface area contributed by atoms with Gasteiger partial charge in [0.1, 0.15) is 6.54 Å². The number of ether oxygens (including phenoxy) is 1. The van der Waals surface area contributed by atoms with Gasteiger partial charge in [0.15, 0.2) is 12.4 Å². The quantitative estimate of drug-likeness (QED) is 0.455. The van der Waals surface area contributed by atoms with Crippen LogP contribution in [0.15, 0.2) is 29.2 Å². The molecule has 0 N–H and O–H groups in total. The maximum atomic E-state index is 12.6. The zero-order chi connectivity index (χ0) is 22.5. The van der Waals surface area contributed by atoms with Crippen molar-refractivity contribution in [2.24, 2.45) is 5.92 Å². The molecule has 166 valence electrons. The van der Waals surface area contributed by atoms with Gasteiger partial charge in [0.25, 0.3) is 5.91 Å². The van der Waals surface area contributed by atoms with Crippen LogP contribution in [0.2, 0.25) is 0 Å². The highest BCUT2D eigenvalue weighted by molar-refractivity contribution is 7.89. The summed E-state index contributed by atoms with van der Waals surface area (Å²) in [6.07, 6.45) is 4.00. The molecular weight excluding hydrogens is 408 g/mol. The highest BCUT2D eigenvalue weighted by Crippen LogP contribution is 2.26. The lowest BCUT2D eigenvalue weighted by Crippen LogP contribution is -2.42. The number of hydrogen-bond acceptors (Lipinski definition) is 6. The van der Waals surface area contributed by atoms with Gasteiger partial charge in [-0.15, -0.1) is 0 Å². The number of rotatable bonds is 8. The second kappa shape index (κ2) is 10.2. The van der Waals surface area contributed by atoms with Gasteiger partial charge in [-0.05, 0) is 50.7 Å². The van der Waals surface area contributed by atoms with Crippen molar-refractivity contribution in [1.82, 2.24) is 9.21 Å². The molecule has 1 aliphatic rings. The Bertz CT molecular complexity index is 873. The van der Waals surface area contributed by atoms with Gasteiger partial charge < -0.3 is 9.64 Å². The fourth-order valence-electron chi connectivity index (χ4n) is 3.43. The first-order valence-electron chi connectivity index (χ1n) is 10.0. The van der Waals surface area contributed by atoms with E-state index in [9.17, 15) is 22.8 Å². The average Bonchev–Trinajstić information content (AvgIpc) is 2.72. The average molecular weight is 439 g/mol. The standard InChI is InChI=1S/C21H30N2O6S/c1-15-5-9-18(10-6-15)23(4)20(25)14-29-21(26)13-22(3)30(27,28)19-11-7-17(8-12-19)16(2)24/h7-8,11-12,15,18H,5-6,9-10,13-14H2,1-4H3.